The second kappa shape index (κ2) is 7.24. The molecule has 24 heavy (non-hydrogen) atoms. The molecule has 0 unspecified atom stereocenters. The number of nitrogens with zero attached hydrogens (tertiary/aromatic N) is 3. The van der Waals surface area contributed by atoms with Gasteiger partial charge in [0, 0.05) is 49.9 Å². The molecule has 0 N–H and O–H groups in total. The van der Waals surface area contributed by atoms with E-state index >= 15 is 0 Å². The summed E-state index contributed by atoms with van der Waals surface area (Å²) in [6.07, 6.45) is 9.71. The van der Waals surface area contributed by atoms with E-state index < -0.39 is 0 Å². The lowest BCUT2D eigenvalue weighted by Crippen LogP contribution is -2.46. The van der Waals surface area contributed by atoms with Gasteiger partial charge in [0.2, 0.25) is 11.8 Å². The molecule has 3 aliphatic heterocycles. The van der Waals surface area contributed by atoms with Crippen molar-refractivity contribution < 1.29 is 9.59 Å². The predicted molar refractivity (Wildman–Crippen MR) is 93.9 cm³/mol. The summed E-state index contributed by atoms with van der Waals surface area (Å²) in [5.41, 5.74) is 2.25. The Bertz CT molecular complexity index is 593. The van der Waals surface area contributed by atoms with Gasteiger partial charge in [-0.1, -0.05) is 19.6 Å². The quantitative estimate of drug-likeness (QED) is 0.797. The van der Waals surface area contributed by atoms with Crippen LogP contribution in [0.4, 0.5) is 0 Å². The fourth-order valence-corrected chi connectivity index (χ4v) is 3.76. The molecular weight excluding hydrogens is 302 g/mol. The standard InChI is InChI=1S/C19H27N3O2/c1-3-16-13-21(11-12-22-15(2)7-6-8-17(16)22)19(24)14-20-10-5-4-9-18(20)23/h6-8,16H,2-5,9-14H2,1H3/t16-/m0/s1. The Morgan fingerprint density at radius 3 is 2.88 bits per heavy atom. The molecule has 3 rings (SSSR count). The van der Waals surface area contributed by atoms with Crippen LogP contribution in [0.2, 0.25) is 0 Å². The third-order valence-electron chi connectivity index (χ3n) is 5.26. The first-order chi connectivity index (χ1) is 11.6. The second-order valence-electron chi connectivity index (χ2n) is 6.81. The van der Waals surface area contributed by atoms with E-state index in [0.717, 1.165) is 38.0 Å². The van der Waals surface area contributed by atoms with Crippen LogP contribution in [0.1, 0.15) is 32.6 Å². The van der Waals surface area contributed by atoms with Crippen molar-refractivity contribution in [1.29, 1.82) is 0 Å². The van der Waals surface area contributed by atoms with Crippen molar-refractivity contribution in [3.8, 4) is 0 Å². The summed E-state index contributed by atoms with van der Waals surface area (Å²) in [4.78, 5) is 30.6. The van der Waals surface area contributed by atoms with Crippen LogP contribution in [0.25, 0.3) is 0 Å². The minimum absolute atomic E-state index is 0.0720. The molecule has 0 aromatic rings. The maximum atomic E-state index is 12.8. The molecule has 2 saturated heterocycles. The van der Waals surface area contributed by atoms with Crippen molar-refractivity contribution >= 4 is 11.8 Å². The van der Waals surface area contributed by atoms with Gasteiger partial charge in [0.05, 0.1) is 6.54 Å². The lowest BCUT2D eigenvalue weighted by molar-refractivity contribution is -0.142. The zero-order valence-corrected chi connectivity index (χ0v) is 14.5. The second-order valence-corrected chi connectivity index (χ2v) is 6.81. The molecule has 3 aliphatic rings. The molecule has 5 heteroatoms. The van der Waals surface area contributed by atoms with Gasteiger partial charge in [-0.3, -0.25) is 9.59 Å². The third kappa shape index (κ3) is 3.40. The van der Waals surface area contributed by atoms with Crippen LogP contribution in [0.3, 0.4) is 0 Å². The fraction of sp³-hybridized carbons (Fsp3) is 0.579. The van der Waals surface area contributed by atoms with E-state index in [1.54, 1.807) is 4.90 Å². The molecular formula is C19H27N3O2. The number of piperidine rings is 1. The first kappa shape index (κ1) is 16.8. The molecule has 0 aromatic heterocycles. The Kier molecular flexibility index (Phi) is 5.07. The average Bonchev–Trinajstić information content (AvgIpc) is 2.77. The first-order valence-electron chi connectivity index (χ1n) is 9.00. The van der Waals surface area contributed by atoms with Crippen molar-refractivity contribution in [2.75, 3.05) is 32.7 Å². The average molecular weight is 329 g/mol. The minimum Gasteiger partial charge on any atom is -0.343 e. The van der Waals surface area contributed by atoms with Crippen LogP contribution < -0.4 is 0 Å². The summed E-state index contributed by atoms with van der Waals surface area (Å²) >= 11 is 0. The number of carbonyl (C=O) groups is 2. The van der Waals surface area contributed by atoms with Crippen LogP contribution in [0.15, 0.2) is 36.2 Å². The van der Waals surface area contributed by atoms with E-state index in [4.69, 9.17) is 0 Å². The van der Waals surface area contributed by atoms with E-state index in [2.05, 4.69) is 24.5 Å². The van der Waals surface area contributed by atoms with E-state index in [0.29, 0.717) is 25.4 Å². The van der Waals surface area contributed by atoms with Gasteiger partial charge in [-0.05, 0) is 31.4 Å². The van der Waals surface area contributed by atoms with Crippen LogP contribution in [-0.4, -0.2) is 59.2 Å². The number of amides is 2. The summed E-state index contributed by atoms with van der Waals surface area (Å²) in [6, 6.07) is 0. The number of fused-ring (bicyclic) bond motifs is 1. The Morgan fingerprint density at radius 2 is 2.12 bits per heavy atom. The van der Waals surface area contributed by atoms with Crippen molar-refractivity contribution in [3.63, 3.8) is 0 Å². The van der Waals surface area contributed by atoms with Crippen LogP contribution in [0.5, 0.6) is 0 Å². The van der Waals surface area contributed by atoms with E-state index in [1.165, 1.54) is 5.70 Å². The molecule has 3 heterocycles. The highest BCUT2D eigenvalue weighted by atomic mass is 16.2. The monoisotopic (exact) mass is 329 g/mol. The van der Waals surface area contributed by atoms with Crippen molar-refractivity contribution in [3.05, 3.63) is 36.2 Å². The topological polar surface area (TPSA) is 43.9 Å². The number of likely N-dealkylation sites (tertiary alicyclic amines) is 1. The zero-order valence-electron chi connectivity index (χ0n) is 14.5. The van der Waals surface area contributed by atoms with Gasteiger partial charge in [0.25, 0.3) is 0 Å². The molecule has 0 aromatic carbocycles. The Morgan fingerprint density at radius 1 is 1.29 bits per heavy atom. The normalized spacial score (nSPS) is 24.6. The SMILES string of the molecule is C=C1C=CC=C2[C@@H](CC)CN(C(=O)CN3CCCCC3=O)CCN12. The molecule has 0 spiro atoms. The molecule has 130 valence electrons. The van der Waals surface area contributed by atoms with Crippen molar-refractivity contribution in [2.45, 2.75) is 32.6 Å². The molecule has 5 nitrogen and oxygen atoms in total. The van der Waals surface area contributed by atoms with E-state index in [-0.39, 0.29) is 18.4 Å². The molecule has 2 amide bonds. The molecule has 0 saturated carbocycles. The fourth-order valence-electron chi connectivity index (χ4n) is 3.76. The summed E-state index contributed by atoms with van der Waals surface area (Å²) in [5.74, 6) is 0.507. The number of carbonyl (C=O) groups excluding carboxylic acids is 2. The maximum absolute atomic E-state index is 12.8. The summed E-state index contributed by atoms with van der Waals surface area (Å²) in [5, 5.41) is 0. The van der Waals surface area contributed by atoms with Crippen molar-refractivity contribution in [2.24, 2.45) is 5.92 Å². The molecule has 0 aliphatic carbocycles. The number of hydrogen-bond donors (Lipinski definition) is 0. The smallest absolute Gasteiger partial charge is 0.242 e. The highest BCUT2D eigenvalue weighted by molar-refractivity contribution is 5.85. The van der Waals surface area contributed by atoms with Gasteiger partial charge >= 0.3 is 0 Å². The number of allylic oxidation sites excluding steroid dienone is 3. The molecule has 0 radical (unpaired) electrons. The molecule has 0 bridgehead atoms. The van der Waals surface area contributed by atoms with Crippen LogP contribution in [-0.2, 0) is 9.59 Å². The van der Waals surface area contributed by atoms with Gasteiger partial charge in [0.1, 0.15) is 0 Å². The highest BCUT2D eigenvalue weighted by Gasteiger charge is 2.31. The van der Waals surface area contributed by atoms with Gasteiger partial charge in [-0.2, -0.15) is 0 Å². The van der Waals surface area contributed by atoms with Crippen molar-refractivity contribution in [1.82, 2.24) is 14.7 Å². The zero-order chi connectivity index (χ0) is 17.1. The first-order valence-corrected chi connectivity index (χ1v) is 9.00. The minimum atomic E-state index is 0.0720. The Labute approximate surface area is 144 Å². The number of hydrogen-bond acceptors (Lipinski definition) is 3. The van der Waals surface area contributed by atoms with E-state index in [9.17, 15) is 9.59 Å². The lowest BCUT2D eigenvalue weighted by atomic mass is 9.98. The summed E-state index contributed by atoms with van der Waals surface area (Å²) in [7, 11) is 0. The van der Waals surface area contributed by atoms with Crippen LogP contribution >= 0.6 is 0 Å². The molecule has 2 fully saturated rings. The van der Waals surface area contributed by atoms with Gasteiger partial charge < -0.3 is 14.7 Å². The lowest BCUT2D eigenvalue weighted by Gasteiger charge is -2.31. The largest absolute Gasteiger partial charge is 0.343 e. The summed E-state index contributed by atoms with van der Waals surface area (Å²) in [6.45, 7) is 9.40. The molecule has 1 atom stereocenters. The maximum Gasteiger partial charge on any atom is 0.242 e. The highest BCUT2D eigenvalue weighted by Crippen LogP contribution is 2.29. The summed E-state index contributed by atoms with van der Waals surface area (Å²) < 4.78 is 0. The Hall–Kier alpha value is -2.04. The Balaban J connectivity index is 1.69. The van der Waals surface area contributed by atoms with Crippen LogP contribution in [0, 0.1) is 5.92 Å². The van der Waals surface area contributed by atoms with Gasteiger partial charge in [-0.25, -0.2) is 0 Å². The number of rotatable bonds is 3. The van der Waals surface area contributed by atoms with Gasteiger partial charge in [0.15, 0.2) is 0 Å². The van der Waals surface area contributed by atoms with Gasteiger partial charge in [-0.15, -0.1) is 0 Å². The van der Waals surface area contributed by atoms with E-state index in [1.807, 2.05) is 17.1 Å². The third-order valence-corrected chi connectivity index (χ3v) is 5.26. The predicted octanol–water partition coefficient (Wildman–Crippen LogP) is 2.14.